The van der Waals surface area contributed by atoms with Crippen molar-refractivity contribution in [2.24, 2.45) is 0 Å². The Kier molecular flexibility index (Phi) is 3.85. The number of rotatable bonds is 6. The second-order valence-electron chi connectivity index (χ2n) is 6.10. The lowest BCUT2D eigenvalue weighted by molar-refractivity contribution is 0.303. The maximum atomic E-state index is 12.0. The zero-order chi connectivity index (χ0) is 16.7. The molecule has 2 aliphatic rings. The number of benzene rings is 1. The fourth-order valence-corrected chi connectivity index (χ4v) is 3.85. The topological polar surface area (TPSA) is 81.2 Å². The first-order valence-corrected chi connectivity index (χ1v) is 9.74. The minimum absolute atomic E-state index is 0.265. The van der Waals surface area contributed by atoms with Crippen molar-refractivity contribution in [2.45, 2.75) is 37.0 Å². The van der Waals surface area contributed by atoms with Gasteiger partial charge in [-0.3, -0.25) is 4.72 Å². The predicted octanol–water partition coefficient (Wildman–Crippen LogP) is 3.24. The van der Waals surface area contributed by atoms with Gasteiger partial charge >= 0.3 is 0 Å². The molecule has 4 rings (SSSR count). The lowest BCUT2D eigenvalue weighted by Gasteiger charge is -2.10. The van der Waals surface area contributed by atoms with Crippen molar-refractivity contribution in [1.82, 2.24) is 9.97 Å². The third-order valence-electron chi connectivity index (χ3n) is 3.92. The number of nitrogens with zero attached hydrogens (tertiary/aromatic N) is 2. The highest BCUT2D eigenvalue weighted by molar-refractivity contribution is 7.93. The van der Waals surface area contributed by atoms with Crippen LogP contribution >= 0.6 is 11.6 Å². The molecule has 6 nitrogen and oxygen atoms in total. The molecule has 8 heteroatoms. The molecule has 0 unspecified atom stereocenters. The van der Waals surface area contributed by atoms with Gasteiger partial charge in [-0.15, -0.1) is 0 Å². The molecule has 1 aromatic carbocycles. The van der Waals surface area contributed by atoms with Crippen molar-refractivity contribution >= 4 is 27.4 Å². The minimum Gasteiger partial charge on any atom is -0.489 e. The predicted molar refractivity (Wildman–Crippen MR) is 91.7 cm³/mol. The summed E-state index contributed by atoms with van der Waals surface area (Å²) in [5, 5.41) is 0.210. The number of nitrogens with one attached hydrogen (secondary N) is 1. The third kappa shape index (κ3) is 3.47. The molecule has 0 bridgehead atoms. The summed E-state index contributed by atoms with van der Waals surface area (Å²) in [6.07, 6.45) is 5.14. The van der Waals surface area contributed by atoms with Crippen LogP contribution in [-0.2, 0) is 10.0 Å². The van der Waals surface area contributed by atoms with Gasteiger partial charge < -0.3 is 4.74 Å². The van der Waals surface area contributed by atoms with Gasteiger partial charge in [0.1, 0.15) is 17.9 Å². The van der Waals surface area contributed by atoms with Crippen molar-refractivity contribution in [1.29, 1.82) is 0 Å². The summed E-state index contributed by atoms with van der Waals surface area (Å²) >= 11 is 6.27. The van der Waals surface area contributed by atoms with E-state index in [2.05, 4.69) is 14.7 Å². The van der Waals surface area contributed by atoms with Crippen molar-refractivity contribution in [3.63, 3.8) is 0 Å². The van der Waals surface area contributed by atoms with Crippen LogP contribution in [0.2, 0.25) is 5.02 Å². The Morgan fingerprint density at radius 3 is 2.58 bits per heavy atom. The number of sulfonamides is 1. The van der Waals surface area contributed by atoms with Gasteiger partial charge in [-0.2, -0.15) is 0 Å². The summed E-state index contributed by atoms with van der Waals surface area (Å²) in [5.74, 6) is 0.924. The molecule has 24 heavy (non-hydrogen) atoms. The third-order valence-corrected chi connectivity index (χ3v) is 6.06. The molecular formula is C16H16ClN3O3S. The maximum absolute atomic E-state index is 12.0. The molecule has 126 valence electrons. The van der Waals surface area contributed by atoms with E-state index in [4.69, 9.17) is 16.3 Å². The summed E-state index contributed by atoms with van der Waals surface area (Å²) in [6, 6.07) is 7.03. The fourth-order valence-electron chi connectivity index (χ4n) is 2.30. The van der Waals surface area contributed by atoms with Gasteiger partial charge in [-0.25, -0.2) is 18.4 Å². The van der Waals surface area contributed by atoms with E-state index in [1.54, 1.807) is 12.1 Å². The first kappa shape index (κ1) is 15.7. The minimum atomic E-state index is -3.35. The van der Waals surface area contributed by atoms with Gasteiger partial charge in [0.15, 0.2) is 0 Å². The van der Waals surface area contributed by atoms with Crippen LogP contribution in [0.15, 0.2) is 30.6 Å². The summed E-state index contributed by atoms with van der Waals surface area (Å²) in [7, 11) is -3.35. The average molecular weight is 366 g/mol. The zero-order valence-corrected chi connectivity index (χ0v) is 14.3. The molecule has 0 aliphatic heterocycles. The summed E-state index contributed by atoms with van der Waals surface area (Å²) in [6.45, 7) is 0. The van der Waals surface area contributed by atoms with E-state index in [0.717, 1.165) is 18.4 Å². The van der Waals surface area contributed by atoms with E-state index >= 15 is 0 Å². The largest absolute Gasteiger partial charge is 0.489 e. The maximum Gasteiger partial charge on any atom is 0.236 e. The van der Waals surface area contributed by atoms with Gasteiger partial charge in [0, 0.05) is 11.6 Å². The van der Waals surface area contributed by atoms with E-state index in [1.165, 1.54) is 6.33 Å². The second-order valence-corrected chi connectivity index (χ2v) is 8.47. The fraction of sp³-hybridized carbons (Fsp3) is 0.375. The van der Waals surface area contributed by atoms with E-state index < -0.39 is 10.0 Å². The standard InChI is InChI=1S/C16H16ClN3O3S/c17-13-7-10(1-6-15(13)23-11-2-3-11)14-8-16(19-9-18-14)20-24(21,22)12-4-5-12/h1,6-9,11-12H,2-5H2,(H,18,19,20). The molecule has 1 heterocycles. The van der Waals surface area contributed by atoms with Crippen molar-refractivity contribution in [3.8, 4) is 17.0 Å². The molecule has 0 radical (unpaired) electrons. The Morgan fingerprint density at radius 2 is 1.92 bits per heavy atom. The van der Waals surface area contributed by atoms with Crippen LogP contribution in [0, 0.1) is 0 Å². The molecule has 2 aromatic rings. The Labute approximate surface area is 145 Å². The highest BCUT2D eigenvalue weighted by Crippen LogP contribution is 2.35. The molecule has 2 fully saturated rings. The lowest BCUT2D eigenvalue weighted by atomic mass is 10.1. The molecule has 0 spiro atoms. The molecular weight excluding hydrogens is 350 g/mol. The van der Waals surface area contributed by atoms with Crippen molar-refractivity contribution in [3.05, 3.63) is 35.6 Å². The zero-order valence-electron chi connectivity index (χ0n) is 12.8. The van der Waals surface area contributed by atoms with E-state index in [-0.39, 0.29) is 17.2 Å². The SMILES string of the molecule is O=S(=O)(Nc1cc(-c2ccc(OC3CC3)c(Cl)c2)ncn1)C1CC1. The molecule has 0 saturated heterocycles. The average Bonchev–Trinajstić information content (AvgIpc) is 3.42. The van der Waals surface area contributed by atoms with E-state index in [9.17, 15) is 8.42 Å². The Bertz CT molecular complexity index is 880. The van der Waals surface area contributed by atoms with Crippen LogP contribution in [0.1, 0.15) is 25.7 Å². The Morgan fingerprint density at radius 1 is 1.12 bits per heavy atom. The van der Waals surface area contributed by atoms with Gasteiger partial charge in [0.05, 0.1) is 22.1 Å². The van der Waals surface area contributed by atoms with Crippen LogP contribution in [-0.4, -0.2) is 29.7 Å². The van der Waals surface area contributed by atoms with Crippen molar-refractivity contribution < 1.29 is 13.2 Å². The van der Waals surface area contributed by atoms with Gasteiger partial charge in [-0.1, -0.05) is 11.6 Å². The summed E-state index contributed by atoms with van der Waals surface area (Å²) < 4.78 is 32.2. The first-order valence-electron chi connectivity index (χ1n) is 7.81. The van der Waals surface area contributed by atoms with E-state index in [1.807, 2.05) is 12.1 Å². The molecule has 1 aromatic heterocycles. The van der Waals surface area contributed by atoms with Crippen LogP contribution in [0.25, 0.3) is 11.3 Å². The second kappa shape index (κ2) is 5.89. The van der Waals surface area contributed by atoms with E-state index in [0.29, 0.717) is 29.3 Å². The molecule has 0 amide bonds. The van der Waals surface area contributed by atoms with Gasteiger partial charge in [0.25, 0.3) is 0 Å². The van der Waals surface area contributed by atoms with Crippen LogP contribution in [0.4, 0.5) is 5.82 Å². The van der Waals surface area contributed by atoms with Crippen LogP contribution in [0.5, 0.6) is 5.75 Å². The number of halogens is 1. The number of aromatic nitrogens is 2. The monoisotopic (exact) mass is 365 g/mol. The summed E-state index contributed by atoms with van der Waals surface area (Å²) in [5.41, 5.74) is 1.37. The van der Waals surface area contributed by atoms with Crippen LogP contribution in [0.3, 0.4) is 0 Å². The number of hydrogen-bond donors (Lipinski definition) is 1. The van der Waals surface area contributed by atoms with Gasteiger partial charge in [-0.05, 0) is 43.9 Å². The molecule has 0 atom stereocenters. The molecule has 2 aliphatic carbocycles. The highest BCUT2D eigenvalue weighted by atomic mass is 35.5. The molecule has 2 saturated carbocycles. The highest BCUT2D eigenvalue weighted by Gasteiger charge is 2.36. The molecule has 1 N–H and O–H groups in total. The summed E-state index contributed by atoms with van der Waals surface area (Å²) in [4.78, 5) is 8.19. The first-order chi connectivity index (χ1) is 11.5. The lowest BCUT2D eigenvalue weighted by Crippen LogP contribution is -2.18. The Hall–Kier alpha value is -1.86. The Balaban J connectivity index is 1.57. The number of anilines is 1. The van der Waals surface area contributed by atoms with Crippen molar-refractivity contribution in [2.75, 3.05) is 4.72 Å². The smallest absolute Gasteiger partial charge is 0.236 e. The normalized spacial score (nSPS) is 17.5. The quantitative estimate of drug-likeness (QED) is 0.849. The number of hydrogen-bond acceptors (Lipinski definition) is 5. The van der Waals surface area contributed by atoms with Crippen LogP contribution < -0.4 is 9.46 Å². The number of ether oxygens (including phenoxy) is 1. The van der Waals surface area contributed by atoms with Gasteiger partial charge in [0.2, 0.25) is 10.0 Å².